The molecule has 2 aromatic heterocycles. The van der Waals surface area contributed by atoms with Gasteiger partial charge in [-0.3, -0.25) is 0 Å². The van der Waals surface area contributed by atoms with Crippen molar-refractivity contribution in [2.75, 3.05) is 0 Å². The predicted molar refractivity (Wildman–Crippen MR) is 88.8 cm³/mol. The van der Waals surface area contributed by atoms with E-state index in [1.807, 2.05) is 17.5 Å². The van der Waals surface area contributed by atoms with Crippen LogP contribution in [0.1, 0.15) is 15.2 Å². The molecule has 3 aromatic rings. The zero-order valence-electron chi connectivity index (χ0n) is 11.0. The largest absolute Gasteiger partial charge is 0.456 e. The second-order valence-corrected chi connectivity index (χ2v) is 6.79. The second-order valence-electron chi connectivity index (χ2n) is 4.24. The summed E-state index contributed by atoms with van der Waals surface area (Å²) in [5.74, 6) is -0.468. The van der Waals surface area contributed by atoms with Gasteiger partial charge in [-0.05, 0) is 35.1 Å². The van der Waals surface area contributed by atoms with Crippen molar-refractivity contribution in [1.82, 2.24) is 9.59 Å². The quantitative estimate of drug-likeness (QED) is 0.610. The smallest absolute Gasteiger partial charge is 0.352 e. The summed E-state index contributed by atoms with van der Waals surface area (Å²) in [6.07, 6.45) is 0. The summed E-state index contributed by atoms with van der Waals surface area (Å²) < 4.78 is 9.14. The van der Waals surface area contributed by atoms with E-state index < -0.39 is 5.97 Å². The van der Waals surface area contributed by atoms with E-state index in [-0.39, 0.29) is 6.61 Å². The monoisotopic (exact) mass is 370 g/mol. The molecule has 1 aromatic carbocycles. The van der Waals surface area contributed by atoms with E-state index in [0.717, 1.165) is 16.4 Å². The lowest BCUT2D eigenvalue weighted by Gasteiger charge is -2.06. The average molecular weight is 371 g/mol. The zero-order chi connectivity index (χ0) is 15.5. The highest BCUT2D eigenvalue weighted by molar-refractivity contribution is 7.14. The van der Waals surface area contributed by atoms with Gasteiger partial charge in [0.2, 0.25) is 0 Å². The molecule has 0 aliphatic rings. The van der Waals surface area contributed by atoms with Gasteiger partial charge in [0.1, 0.15) is 12.3 Å². The zero-order valence-corrected chi connectivity index (χ0v) is 14.1. The molecule has 0 bridgehead atoms. The van der Waals surface area contributed by atoms with Crippen LogP contribution in [0.5, 0.6) is 0 Å². The molecule has 0 fully saturated rings. The van der Waals surface area contributed by atoms with Crippen LogP contribution in [-0.4, -0.2) is 15.6 Å². The maximum Gasteiger partial charge on any atom is 0.352 e. The Morgan fingerprint density at radius 3 is 2.86 bits per heavy atom. The van der Waals surface area contributed by atoms with E-state index in [9.17, 15) is 4.79 Å². The standard InChI is InChI=1S/C14H8Cl2N2O2S2/c15-9-4-3-8(10(16)6-9)7-20-14(19)13-12(17-18-22-13)11-2-1-5-21-11/h1-6H,7H2. The van der Waals surface area contributed by atoms with Crippen molar-refractivity contribution in [3.05, 3.63) is 56.2 Å². The lowest BCUT2D eigenvalue weighted by atomic mass is 10.2. The molecule has 0 N–H and O–H groups in total. The van der Waals surface area contributed by atoms with E-state index in [1.165, 1.54) is 11.3 Å². The third kappa shape index (κ3) is 3.30. The summed E-state index contributed by atoms with van der Waals surface area (Å²) in [4.78, 5) is 13.5. The van der Waals surface area contributed by atoms with E-state index in [2.05, 4.69) is 9.59 Å². The highest BCUT2D eigenvalue weighted by atomic mass is 35.5. The minimum atomic E-state index is -0.468. The molecule has 0 saturated carbocycles. The maximum atomic E-state index is 12.2. The number of hydrogen-bond acceptors (Lipinski definition) is 6. The van der Waals surface area contributed by atoms with Gasteiger partial charge >= 0.3 is 5.97 Å². The summed E-state index contributed by atoms with van der Waals surface area (Å²) in [5.41, 5.74) is 1.24. The van der Waals surface area contributed by atoms with Crippen molar-refractivity contribution in [1.29, 1.82) is 0 Å². The highest BCUT2D eigenvalue weighted by Gasteiger charge is 2.20. The van der Waals surface area contributed by atoms with Crippen molar-refractivity contribution in [2.45, 2.75) is 6.61 Å². The van der Waals surface area contributed by atoms with Gasteiger partial charge in [-0.15, -0.1) is 16.4 Å². The summed E-state index contributed by atoms with van der Waals surface area (Å²) in [6, 6.07) is 8.80. The lowest BCUT2D eigenvalue weighted by molar-refractivity contribution is 0.0479. The van der Waals surface area contributed by atoms with Gasteiger partial charge in [-0.2, -0.15) is 0 Å². The molecule has 0 spiro atoms. The van der Waals surface area contributed by atoms with E-state index in [4.69, 9.17) is 27.9 Å². The lowest BCUT2D eigenvalue weighted by Crippen LogP contribution is -2.05. The van der Waals surface area contributed by atoms with Crippen LogP contribution >= 0.6 is 46.1 Å². The molecular formula is C14H8Cl2N2O2S2. The number of nitrogens with zero attached hydrogens (tertiary/aromatic N) is 2. The van der Waals surface area contributed by atoms with Gasteiger partial charge in [0, 0.05) is 15.6 Å². The third-order valence-corrected chi connectivity index (χ3v) is 4.97. The van der Waals surface area contributed by atoms with Crippen molar-refractivity contribution in [3.8, 4) is 10.6 Å². The van der Waals surface area contributed by atoms with Gasteiger partial charge in [0.15, 0.2) is 4.88 Å². The molecule has 0 atom stereocenters. The SMILES string of the molecule is O=C(OCc1ccc(Cl)cc1Cl)c1snnc1-c1cccs1. The molecule has 0 unspecified atom stereocenters. The molecule has 3 rings (SSSR count). The third-order valence-electron chi connectivity index (χ3n) is 2.80. The van der Waals surface area contributed by atoms with Gasteiger partial charge in [0.05, 0.1) is 4.88 Å². The van der Waals surface area contributed by atoms with Crippen LogP contribution in [0.25, 0.3) is 10.6 Å². The number of thiophene rings is 1. The molecule has 2 heterocycles. The number of hydrogen-bond donors (Lipinski definition) is 0. The van der Waals surface area contributed by atoms with Crippen LogP contribution in [0.4, 0.5) is 0 Å². The molecule has 0 saturated heterocycles. The number of halogens is 2. The van der Waals surface area contributed by atoms with Crippen LogP contribution in [0.2, 0.25) is 10.0 Å². The average Bonchev–Trinajstić information content (AvgIpc) is 3.16. The van der Waals surface area contributed by atoms with Crippen LogP contribution in [0.15, 0.2) is 35.7 Å². The van der Waals surface area contributed by atoms with Crippen LogP contribution in [-0.2, 0) is 11.3 Å². The van der Waals surface area contributed by atoms with Crippen LogP contribution in [0, 0.1) is 0 Å². The highest BCUT2D eigenvalue weighted by Crippen LogP contribution is 2.29. The fraction of sp³-hybridized carbons (Fsp3) is 0.0714. The molecule has 0 amide bonds. The molecule has 112 valence electrons. The number of esters is 1. The molecule has 0 radical (unpaired) electrons. The maximum absolute atomic E-state index is 12.2. The van der Waals surface area contributed by atoms with Crippen molar-refractivity contribution < 1.29 is 9.53 Å². The Hall–Kier alpha value is -1.47. The number of rotatable bonds is 4. The predicted octanol–water partition coefficient (Wildman–Crippen LogP) is 4.93. The molecule has 8 heteroatoms. The Morgan fingerprint density at radius 1 is 1.27 bits per heavy atom. The van der Waals surface area contributed by atoms with Crippen molar-refractivity contribution in [3.63, 3.8) is 0 Å². The minimum Gasteiger partial charge on any atom is -0.456 e. The second kappa shape index (κ2) is 6.75. The first-order chi connectivity index (χ1) is 10.6. The Bertz CT molecular complexity index is 803. The molecular weight excluding hydrogens is 363 g/mol. The summed E-state index contributed by atoms with van der Waals surface area (Å²) in [5, 5.41) is 6.91. The van der Waals surface area contributed by atoms with Crippen molar-refractivity contribution >= 4 is 52.0 Å². The Labute approximate surface area is 144 Å². The summed E-state index contributed by atoms with van der Waals surface area (Å²) in [7, 11) is 0. The molecule has 0 aliphatic heterocycles. The first kappa shape index (κ1) is 15.4. The Balaban J connectivity index is 1.74. The number of carbonyl (C=O) groups is 1. The van der Waals surface area contributed by atoms with Crippen LogP contribution < -0.4 is 0 Å². The van der Waals surface area contributed by atoms with Gasteiger partial charge < -0.3 is 4.74 Å². The summed E-state index contributed by atoms with van der Waals surface area (Å²) in [6.45, 7) is 0.0661. The summed E-state index contributed by atoms with van der Waals surface area (Å²) >= 11 is 14.4. The van der Waals surface area contributed by atoms with Crippen LogP contribution in [0.3, 0.4) is 0 Å². The topological polar surface area (TPSA) is 52.1 Å². The van der Waals surface area contributed by atoms with Gasteiger partial charge in [-0.25, -0.2) is 4.79 Å². The number of aromatic nitrogens is 2. The molecule has 0 aliphatic carbocycles. The van der Waals surface area contributed by atoms with E-state index >= 15 is 0 Å². The number of benzene rings is 1. The molecule has 4 nitrogen and oxygen atoms in total. The normalized spacial score (nSPS) is 10.6. The Morgan fingerprint density at radius 2 is 2.14 bits per heavy atom. The van der Waals surface area contributed by atoms with Gasteiger partial charge in [-0.1, -0.05) is 39.8 Å². The number of carbonyl (C=O) groups excluding carboxylic acids is 1. The first-order valence-electron chi connectivity index (χ1n) is 6.12. The fourth-order valence-corrected chi connectivity index (χ4v) is 3.56. The fourth-order valence-electron chi connectivity index (χ4n) is 1.75. The Kier molecular flexibility index (Phi) is 4.73. The molecule has 22 heavy (non-hydrogen) atoms. The first-order valence-corrected chi connectivity index (χ1v) is 8.53. The minimum absolute atomic E-state index is 0.0661. The number of ether oxygens (including phenoxy) is 1. The van der Waals surface area contributed by atoms with E-state index in [1.54, 1.807) is 18.2 Å². The van der Waals surface area contributed by atoms with Crippen molar-refractivity contribution in [2.24, 2.45) is 0 Å². The van der Waals surface area contributed by atoms with Gasteiger partial charge in [0.25, 0.3) is 0 Å². The van der Waals surface area contributed by atoms with E-state index in [0.29, 0.717) is 26.2 Å².